The van der Waals surface area contributed by atoms with Crippen LogP contribution in [0.1, 0.15) is 31.2 Å². The highest BCUT2D eigenvalue weighted by Gasteiger charge is 2.21. The Kier molecular flexibility index (Phi) is 4.56. The molecule has 1 amide bonds. The van der Waals surface area contributed by atoms with Crippen molar-refractivity contribution < 1.29 is 9.53 Å². The van der Waals surface area contributed by atoms with Crippen LogP contribution in [0.4, 0.5) is 0 Å². The van der Waals surface area contributed by atoms with E-state index in [-0.39, 0.29) is 5.91 Å². The zero-order valence-electron chi connectivity index (χ0n) is 13.9. The molecule has 2 rings (SSSR count). The molecule has 0 bridgehead atoms. The number of thiazole rings is 1. The lowest BCUT2D eigenvalue weighted by Gasteiger charge is -2.12. The number of carbonyl (C=O) groups excluding carboxylic acids is 1. The standard InChI is InChI=1S/C17H22N2O2S/c1-11-9-13(7-8-14(11)21-6)19-10-12(2)22-16(19)18-15(20)17(3,4)5/h7-10H,1-6H3. The van der Waals surface area contributed by atoms with Gasteiger partial charge in [-0.15, -0.1) is 11.3 Å². The van der Waals surface area contributed by atoms with E-state index in [0.29, 0.717) is 4.80 Å². The highest BCUT2D eigenvalue weighted by atomic mass is 32.1. The summed E-state index contributed by atoms with van der Waals surface area (Å²) in [6, 6.07) is 5.93. The lowest BCUT2D eigenvalue weighted by molar-refractivity contribution is -0.125. The van der Waals surface area contributed by atoms with Crippen molar-refractivity contribution in [3.05, 3.63) is 39.6 Å². The molecule has 0 aliphatic rings. The third-order valence-corrected chi connectivity index (χ3v) is 4.16. The molecular weight excluding hydrogens is 296 g/mol. The lowest BCUT2D eigenvalue weighted by Crippen LogP contribution is -2.23. The van der Waals surface area contributed by atoms with Crippen LogP contribution in [-0.2, 0) is 4.79 Å². The summed E-state index contributed by atoms with van der Waals surface area (Å²) in [5.41, 5.74) is 1.54. The summed E-state index contributed by atoms with van der Waals surface area (Å²) in [5.74, 6) is 0.730. The molecule has 1 aromatic heterocycles. The molecule has 2 aromatic rings. The van der Waals surface area contributed by atoms with E-state index in [1.807, 2.05) is 63.6 Å². The average Bonchev–Trinajstić information content (AvgIpc) is 2.78. The first-order chi connectivity index (χ1) is 10.2. The minimum absolute atomic E-state index is 0.117. The van der Waals surface area contributed by atoms with Crippen molar-refractivity contribution in [1.82, 2.24) is 4.57 Å². The number of methoxy groups -OCH3 is 1. The van der Waals surface area contributed by atoms with Crippen LogP contribution < -0.4 is 9.54 Å². The van der Waals surface area contributed by atoms with E-state index < -0.39 is 5.41 Å². The molecule has 0 unspecified atom stereocenters. The molecule has 0 aliphatic heterocycles. The van der Waals surface area contributed by atoms with E-state index in [1.54, 1.807) is 7.11 Å². The Hall–Kier alpha value is -1.88. The minimum atomic E-state index is -0.481. The van der Waals surface area contributed by atoms with Gasteiger partial charge in [0.2, 0.25) is 0 Å². The Balaban J connectivity index is 2.56. The molecule has 0 spiro atoms. The summed E-state index contributed by atoms with van der Waals surface area (Å²) in [5, 5.41) is 0. The summed E-state index contributed by atoms with van der Waals surface area (Å²) >= 11 is 1.51. The first-order valence-electron chi connectivity index (χ1n) is 7.15. The number of hydrogen-bond acceptors (Lipinski definition) is 3. The summed E-state index contributed by atoms with van der Waals surface area (Å²) in [6.07, 6.45) is 2.00. The maximum atomic E-state index is 12.2. The topological polar surface area (TPSA) is 43.6 Å². The van der Waals surface area contributed by atoms with Crippen LogP contribution in [-0.4, -0.2) is 17.6 Å². The predicted octanol–water partition coefficient (Wildman–Crippen LogP) is 3.64. The van der Waals surface area contributed by atoms with E-state index in [2.05, 4.69) is 4.99 Å². The quantitative estimate of drug-likeness (QED) is 0.848. The van der Waals surface area contributed by atoms with Crippen LogP contribution in [0.15, 0.2) is 29.4 Å². The number of nitrogens with zero attached hydrogens (tertiary/aromatic N) is 2. The van der Waals surface area contributed by atoms with Crippen LogP contribution in [0.2, 0.25) is 0 Å². The van der Waals surface area contributed by atoms with Gasteiger partial charge in [-0.2, -0.15) is 4.99 Å². The van der Waals surface area contributed by atoms with Crippen molar-refractivity contribution in [2.75, 3.05) is 7.11 Å². The monoisotopic (exact) mass is 318 g/mol. The van der Waals surface area contributed by atoms with Crippen LogP contribution in [0.3, 0.4) is 0 Å². The predicted molar refractivity (Wildman–Crippen MR) is 89.7 cm³/mol. The fourth-order valence-corrected chi connectivity index (χ4v) is 2.82. The molecule has 0 saturated carbocycles. The van der Waals surface area contributed by atoms with E-state index in [0.717, 1.165) is 21.9 Å². The fraction of sp³-hybridized carbons (Fsp3) is 0.412. The molecule has 1 heterocycles. The van der Waals surface area contributed by atoms with Crippen LogP contribution >= 0.6 is 11.3 Å². The summed E-state index contributed by atoms with van der Waals surface area (Å²) < 4.78 is 7.25. The van der Waals surface area contributed by atoms with Gasteiger partial charge < -0.3 is 4.74 Å². The van der Waals surface area contributed by atoms with Gasteiger partial charge in [0.1, 0.15) is 5.75 Å². The van der Waals surface area contributed by atoms with E-state index in [9.17, 15) is 4.79 Å². The molecular formula is C17H22N2O2S. The first kappa shape index (κ1) is 16.5. The average molecular weight is 318 g/mol. The second-order valence-corrected chi connectivity index (χ2v) is 7.53. The Bertz CT molecular complexity index is 764. The van der Waals surface area contributed by atoms with Crippen LogP contribution in [0, 0.1) is 19.3 Å². The van der Waals surface area contributed by atoms with Crippen LogP contribution in [0.5, 0.6) is 5.75 Å². The number of amides is 1. The smallest absolute Gasteiger partial charge is 0.253 e. The van der Waals surface area contributed by atoms with Gasteiger partial charge in [0, 0.05) is 22.2 Å². The van der Waals surface area contributed by atoms with Crippen molar-refractivity contribution >= 4 is 17.2 Å². The van der Waals surface area contributed by atoms with E-state index in [4.69, 9.17) is 4.74 Å². The van der Waals surface area contributed by atoms with Crippen molar-refractivity contribution in [2.24, 2.45) is 10.4 Å². The van der Waals surface area contributed by atoms with Gasteiger partial charge in [-0.05, 0) is 37.6 Å². The van der Waals surface area contributed by atoms with Gasteiger partial charge >= 0.3 is 0 Å². The van der Waals surface area contributed by atoms with Gasteiger partial charge in [-0.25, -0.2) is 0 Å². The molecule has 5 heteroatoms. The zero-order chi connectivity index (χ0) is 16.5. The number of ether oxygens (including phenoxy) is 1. The second-order valence-electron chi connectivity index (χ2n) is 6.32. The largest absolute Gasteiger partial charge is 0.496 e. The van der Waals surface area contributed by atoms with E-state index >= 15 is 0 Å². The normalized spacial score (nSPS) is 12.5. The molecule has 0 aliphatic carbocycles. The summed E-state index contributed by atoms with van der Waals surface area (Å²) in [7, 11) is 1.66. The minimum Gasteiger partial charge on any atom is -0.496 e. The molecule has 0 fully saturated rings. The van der Waals surface area contributed by atoms with Gasteiger partial charge in [-0.1, -0.05) is 20.8 Å². The molecule has 4 nitrogen and oxygen atoms in total. The fourth-order valence-electron chi connectivity index (χ4n) is 1.99. The van der Waals surface area contributed by atoms with Gasteiger partial charge in [0.15, 0.2) is 4.80 Å². The Morgan fingerprint density at radius 2 is 1.95 bits per heavy atom. The van der Waals surface area contributed by atoms with Gasteiger partial charge in [0.25, 0.3) is 5.91 Å². The molecule has 0 saturated heterocycles. The zero-order valence-corrected chi connectivity index (χ0v) is 14.7. The highest BCUT2D eigenvalue weighted by Crippen LogP contribution is 2.21. The molecule has 1 aromatic carbocycles. The number of aryl methyl sites for hydroxylation is 2. The van der Waals surface area contributed by atoms with Crippen molar-refractivity contribution in [1.29, 1.82) is 0 Å². The van der Waals surface area contributed by atoms with E-state index in [1.165, 1.54) is 11.3 Å². The van der Waals surface area contributed by atoms with Crippen molar-refractivity contribution in [3.8, 4) is 11.4 Å². The number of rotatable bonds is 2. The Morgan fingerprint density at radius 1 is 1.27 bits per heavy atom. The second kappa shape index (κ2) is 6.08. The molecule has 22 heavy (non-hydrogen) atoms. The summed E-state index contributed by atoms with van der Waals surface area (Å²) in [4.78, 5) is 18.3. The Morgan fingerprint density at radius 3 is 2.50 bits per heavy atom. The molecule has 0 radical (unpaired) electrons. The maximum absolute atomic E-state index is 12.2. The van der Waals surface area contributed by atoms with Crippen molar-refractivity contribution in [3.63, 3.8) is 0 Å². The number of carbonyl (C=O) groups is 1. The SMILES string of the molecule is COc1ccc(-n2cc(C)sc2=NC(=O)C(C)(C)C)cc1C. The third kappa shape index (κ3) is 3.47. The van der Waals surface area contributed by atoms with Crippen molar-refractivity contribution in [2.45, 2.75) is 34.6 Å². The Labute approximate surface area is 135 Å². The number of hydrogen-bond donors (Lipinski definition) is 0. The highest BCUT2D eigenvalue weighted by molar-refractivity contribution is 7.09. The molecule has 0 N–H and O–H groups in total. The number of aromatic nitrogens is 1. The van der Waals surface area contributed by atoms with Gasteiger partial charge in [0.05, 0.1) is 7.11 Å². The van der Waals surface area contributed by atoms with Crippen LogP contribution in [0.25, 0.3) is 5.69 Å². The molecule has 118 valence electrons. The first-order valence-corrected chi connectivity index (χ1v) is 7.97. The number of benzene rings is 1. The van der Waals surface area contributed by atoms with Gasteiger partial charge in [-0.3, -0.25) is 9.36 Å². The third-order valence-electron chi connectivity index (χ3n) is 3.26. The molecule has 0 atom stereocenters. The summed E-state index contributed by atoms with van der Waals surface area (Å²) in [6.45, 7) is 9.64. The lowest BCUT2D eigenvalue weighted by atomic mass is 9.96. The maximum Gasteiger partial charge on any atom is 0.253 e.